The number of hydrogen-bond donors (Lipinski definition) is 1. The van der Waals surface area contributed by atoms with Crippen LogP contribution in [0.25, 0.3) is 0 Å². The summed E-state index contributed by atoms with van der Waals surface area (Å²) in [7, 11) is 0. The quantitative estimate of drug-likeness (QED) is 0.878. The number of amides is 2. The van der Waals surface area contributed by atoms with Gasteiger partial charge in [-0.1, -0.05) is 0 Å². The third kappa shape index (κ3) is 2.67. The number of carbonyl (C=O) groups excluding carboxylic acids is 2. The Morgan fingerprint density at radius 3 is 2.27 bits per heavy atom. The zero-order valence-corrected chi connectivity index (χ0v) is 11.9. The number of hydrogen-bond acceptors (Lipinski definition) is 4. The van der Waals surface area contributed by atoms with Gasteiger partial charge < -0.3 is 19.6 Å². The highest BCUT2D eigenvalue weighted by Crippen LogP contribution is 2.27. The second kappa shape index (κ2) is 5.76. The summed E-state index contributed by atoms with van der Waals surface area (Å²) in [5, 5.41) is 9.00. The van der Waals surface area contributed by atoms with E-state index in [-0.39, 0.29) is 31.4 Å². The van der Waals surface area contributed by atoms with Gasteiger partial charge in [-0.3, -0.25) is 14.4 Å². The fourth-order valence-corrected chi connectivity index (χ4v) is 2.73. The molecular formula is C15H16N2O5. The van der Waals surface area contributed by atoms with Crippen molar-refractivity contribution in [2.45, 2.75) is 6.42 Å². The average Bonchev–Trinajstić information content (AvgIpc) is 2.90. The first-order valence-electron chi connectivity index (χ1n) is 7.07. The molecule has 1 aromatic rings. The third-order valence-corrected chi connectivity index (χ3v) is 3.93. The Morgan fingerprint density at radius 2 is 1.73 bits per heavy atom. The van der Waals surface area contributed by atoms with Gasteiger partial charge >= 0.3 is 5.97 Å². The number of benzene rings is 1. The minimum absolute atomic E-state index is 0.0268. The molecule has 3 rings (SSSR count). The van der Waals surface area contributed by atoms with E-state index in [0.29, 0.717) is 18.8 Å². The first-order chi connectivity index (χ1) is 10.6. The standard InChI is InChI=1S/C15H16N2O5/c18-13-7-10(15(20)21)8-17(13)12-3-1-11(2-4-12)16-5-6-22-9-14(16)19/h1-4,10H,5-9H2,(H,20,21). The molecule has 0 bridgehead atoms. The van der Waals surface area contributed by atoms with Crippen LogP contribution in [0.5, 0.6) is 0 Å². The van der Waals surface area contributed by atoms with Crippen LogP contribution >= 0.6 is 0 Å². The minimum atomic E-state index is -0.952. The summed E-state index contributed by atoms with van der Waals surface area (Å²) in [6.45, 7) is 1.26. The largest absolute Gasteiger partial charge is 0.481 e. The van der Waals surface area contributed by atoms with Gasteiger partial charge in [0.2, 0.25) is 5.91 Å². The summed E-state index contributed by atoms with van der Waals surface area (Å²) in [4.78, 5) is 37.8. The lowest BCUT2D eigenvalue weighted by Gasteiger charge is -2.27. The molecule has 2 aliphatic rings. The lowest BCUT2D eigenvalue weighted by atomic mass is 10.1. The minimum Gasteiger partial charge on any atom is -0.481 e. The Labute approximate surface area is 127 Å². The van der Waals surface area contributed by atoms with Crippen LogP contribution < -0.4 is 9.80 Å². The van der Waals surface area contributed by atoms with Crippen LogP contribution in [0.1, 0.15) is 6.42 Å². The highest BCUT2D eigenvalue weighted by molar-refractivity contribution is 6.00. The molecule has 7 nitrogen and oxygen atoms in total. The second-order valence-corrected chi connectivity index (χ2v) is 5.36. The average molecular weight is 304 g/mol. The monoisotopic (exact) mass is 304 g/mol. The van der Waals surface area contributed by atoms with Crippen LogP contribution in [0.4, 0.5) is 11.4 Å². The molecular weight excluding hydrogens is 288 g/mol. The number of carboxylic acids is 1. The topological polar surface area (TPSA) is 87.2 Å². The van der Waals surface area contributed by atoms with Crippen molar-refractivity contribution in [2.24, 2.45) is 5.92 Å². The molecule has 2 heterocycles. The molecule has 2 fully saturated rings. The number of carbonyl (C=O) groups is 3. The van der Waals surface area contributed by atoms with Crippen LogP contribution in [0.3, 0.4) is 0 Å². The van der Waals surface area contributed by atoms with Crippen molar-refractivity contribution in [3.63, 3.8) is 0 Å². The number of carboxylic acid groups (broad SMARTS) is 1. The van der Waals surface area contributed by atoms with Gasteiger partial charge in [-0.15, -0.1) is 0 Å². The van der Waals surface area contributed by atoms with Gasteiger partial charge in [0.1, 0.15) is 6.61 Å². The van der Waals surface area contributed by atoms with E-state index in [9.17, 15) is 14.4 Å². The summed E-state index contributed by atoms with van der Waals surface area (Å²) in [5.41, 5.74) is 1.40. The summed E-state index contributed by atoms with van der Waals surface area (Å²) < 4.78 is 5.09. The Hall–Kier alpha value is -2.41. The van der Waals surface area contributed by atoms with E-state index in [1.807, 2.05) is 0 Å². The van der Waals surface area contributed by atoms with E-state index in [4.69, 9.17) is 9.84 Å². The second-order valence-electron chi connectivity index (χ2n) is 5.36. The SMILES string of the molecule is O=C(O)C1CC(=O)N(c2ccc(N3CCOCC3=O)cc2)C1. The van der Waals surface area contributed by atoms with Crippen molar-refractivity contribution in [2.75, 3.05) is 36.1 Å². The number of anilines is 2. The Bertz CT molecular complexity index is 613. The molecule has 1 atom stereocenters. The maximum Gasteiger partial charge on any atom is 0.308 e. The number of aliphatic carboxylic acids is 1. The highest BCUT2D eigenvalue weighted by atomic mass is 16.5. The molecule has 0 saturated carbocycles. The van der Waals surface area contributed by atoms with Crippen molar-refractivity contribution >= 4 is 29.2 Å². The van der Waals surface area contributed by atoms with Gasteiger partial charge in [0, 0.05) is 30.9 Å². The molecule has 1 aromatic carbocycles. The highest BCUT2D eigenvalue weighted by Gasteiger charge is 2.35. The molecule has 2 saturated heterocycles. The number of rotatable bonds is 3. The van der Waals surface area contributed by atoms with Crippen LogP contribution in [0.15, 0.2) is 24.3 Å². The Morgan fingerprint density at radius 1 is 1.09 bits per heavy atom. The van der Waals surface area contributed by atoms with E-state index in [2.05, 4.69) is 0 Å². The van der Waals surface area contributed by atoms with Gasteiger partial charge in [-0.2, -0.15) is 0 Å². The van der Waals surface area contributed by atoms with Gasteiger partial charge in [0.15, 0.2) is 0 Å². The first kappa shape index (κ1) is 14.5. The molecule has 2 amide bonds. The number of morpholine rings is 1. The van der Waals surface area contributed by atoms with Crippen LogP contribution in [0, 0.1) is 5.92 Å². The van der Waals surface area contributed by atoms with E-state index in [1.54, 1.807) is 29.2 Å². The predicted molar refractivity (Wildman–Crippen MR) is 77.7 cm³/mol. The Kier molecular flexibility index (Phi) is 3.81. The molecule has 0 radical (unpaired) electrons. The maximum absolute atomic E-state index is 11.9. The molecule has 0 spiro atoms. The van der Waals surface area contributed by atoms with E-state index < -0.39 is 11.9 Å². The predicted octanol–water partition coefficient (Wildman–Crippen LogP) is 0.487. The molecule has 1 unspecified atom stereocenters. The summed E-state index contributed by atoms with van der Waals surface area (Å²) in [5.74, 6) is -1.90. The van der Waals surface area contributed by atoms with E-state index in [0.717, 1.165) is 5.69 Å². The normalized spacial score (nSPS) is 22.3. The number of ether oxygens (including phenoxy) is 1. The van der Waals surface area contributed by atoms with Crippen LogP contribution in [0.2, 0.25) is 0 Å². The first-order valence-corrected chi connectivity index (χ1v) is 7.07. The summed E-state index contributed by atoms with van der Waals surface area (Å²) >= 11 is 0. The molecule has 0 aliphatic carbocycles. The molecule has 116 valence electrons. The van der Waals surface area contributed by atoms with Crippen LogP contribution in [-0.4, -0.2) is 49.2 Å². The zero-order chi connectivity index (χ0) is 15.7. The number of nitrogens with zero attached hydrogens (tertiary/aromatic N) is 2. The molecule has 22 heavy (non-hydrogen) atoms. The van der Waals surface area contributed by atoms with Crippen LogP contribution in [-0.2, 0) is 19.1 Å². The summed E-state index contributed by atoms with van der Waals surface area (Å²) in [6, 6.07) is 7.00. The van der Waals surface area contributed by atoms with E-state index >= 15 is 0 Å². The zero-order valence-electron chi connectivity index (χ0n) is 11.9. The van der Waals surface area contributed by atoms with Gasteiger partial charge in [-0.25, -0.2) is 0 Å². The smallest absolute Gasteiger partial charge is 0.308 e. The van der Waals surface area contributed by atoms with Gasteiger partial charge in [0.25, 0.3) is 5.91 Å². The van der Waals surface area contributed by atoms with Gasteiger partial charge in [-0.05, 0) is 24.3 Å². The fraction of sp³-hybridized carbons (Fsp3) is 0.400. The van der Waals surface area contributed by atoms with Crippen molar-refractivity contribution < 1.29 is 24.2 Å². The fourth-order valence-electron chi connectivity index (χ4n) is 2.73. The Balaban J connectivity index is 1.75. The van der Waals surface area contributed by atoms with Crippen molar-refractivity contribution in [1.82, 2.24) is 0 Å². The summed E-state index contributed by atoms with van der Waals surface area (Å²) in [6.07, 6.45) is 0.0268. The van der Waals surface area contributed by atoms with Crippen molar-refractivity contribution in [1.29, 1.82) is 0 Å². The van der Waals surface area contributed by atoms with Crippen molar-refractivity contribution in [3.05, 3.63) is 24.3 Å². The lowest BCUT2D eigenvalue weighted by molar-refractivity contribution is -0.141. The molecule has 2 aliphatic heterocycles. The lowest BCUT2D eigenvalue weighted by Crippen LogP contribution is -2.41. The van der Waals surface area contributed by atoms with Gasteiger partial charge in [0.05, 0.1) is 12.5 Å². The van der Waals surface area contributed by atoms with Crippen molar-refractivity contribution in [3.8, 4) is 0 Å². The van der Waals surface area contributed by atoms with E-state index in [1.165, 1.54) is 4.90 Å². The third-order valence-electron chi connectivity index (χ3n) is 3.93. The maximum atomic E-state index is 11.9. The molecule has 1 N–H and O–H groups in total. The molecule has 7 heteroatoms. The molecule has 0 aromatic heterocycles.